The number of carbonyl (C=O) groups excluding carboxylic acids is 2. The Morgan fingerprint density at radius 3 is 1.65 bits per heavy atom. The van der Waals surface area contributed by atoms with Gasteiger partial charge in [-0.15, -0.1) is 0 Å². The topological polar surface area (TPSA) is 127 Å². The molecule has 0 rings (SSSR count). The van der Waals surface area contributed by atoms with Crippen LogP contribution in [-0.4, -0.2) is 43.4 Å². The van der Waals surface area contributed by atoms with E-state index in [2.05, 4.69) is 13.8 Å². The van der Waals surface area contributed by atoms with Crippen molar-refractivity contribution in [3.8, 4) is 0 Å². The Bertz CT molecular complexity index is 574. The summed E-state index contributed by atoms with van der Waals surface area (Å²) in [5, 5.41) is -2.06. The maximum atomic E-state index is 12.1. The average molecular weight is 493 g/mol. The normalized spacial score (nSPS) is 13.6. The van der Waals surface area contributed by atoms with Gasteiger partial charge in [0.1, 0.15) is 19.2 Å². The van der Waals surface area contributed by atoms with E-state index >= 15 is 0 Å². The molecule has 0 bridgehead atoms. The second kappa shape index (κ2) is 21.8. The number of ether oxygens (including phenoxy) is 2. The average Bonchev–Trinajstić information content (AvgIpc) is 2.72. The Morgan fingerprint density at radius 2 is 1.29 bits per heavy atom. The molecule has 0 aliphatic carbocycles. The monoisotopic (exact) mass is 492 g/mol. The third kappa shape index (κ3) is 18.1. The molecule has 178 valence electrons. The van der Waals surface area contributed by atoms with E-state index in [9.17, 15) is 22.6 Å². The van der Waals surface area contributed by atoms with Crippen molar-refractivity contribution in [3.05, 3.63) is 0 Å². The maximum Gasteiger partial charge on any atom is 1.00 e. The minimum Gasteiger partial charge on any atom is -0.747 e. The summed E-state index contributed by atoms with van der Waals surface area (Å²) < 4.78 is 52.6. The summed E-state index contributed by atoms with van der Waals surface area (Å²) in [4.78, 5) is 24.1. The molecule has 0 N–H and O–H groups in total. The summed E-state index contributed by atoms with van der Waals surface area (Å²) in [6.45, 7) is 8.26. The first-order chi connectivity index (χ1) is 14.2. The second-order valence-electron chi connectivity index (χ2n) is 7.33. The Hall–Kier alpha value is -0.0500. The second-order valence-corrected chi connectivity index (χ2v) is 8.89. The van der Waals surface area contributed by atoms with Gasteiger partial charge in [0.2, 0.25) is 0 Å². The van der Waals surface area contributed by atoms with Crippen molar-refractivity contribution in [1.82, 2.24) is 0 Å². The molecule has 8 nitrogen and oxygen atoms in total. The molecule has 0 aromatic rings. The van der Waals surface area contributed by atoms with E-state index in [1.807, 2.05) is 13.8 Å². The van der Waals surface area contributed by atoms with Gasteiger partial charge in [-0.25, -0.2) is 8.42 Å². The van der Waals surface area contributed by atoms with Gasteiger partial charge in [0.15, 0.2) is 5.25 Å². The molecule has 0 aromatic carbocycles. The van der Waals surface area contributed by atoms with Gasteiger partial charge in [0.05, 0.1) is 19.6 Å². The van der Waals surface area contributed by atoms with Gasteiger partial charge in [-0.1, -0.05) is 66.2 Å². The van der Waals surface area contributed by atoms with Crippen LogP contribution in [0.15, 0.2) is 0 Å². The largest absolute Gasteiger partial charge is 1.00 e. The first-order valence-corrected chi connectivity index (χ1v) is 12.5. The van der Waals surface area contributed by atoms with Crippen molar-refractivity contribution in [3.63, 3.8) is 0 Å². The van der Waals surface area contributed by atoms with E-state index in [1.54, 1.807) is 9.12 Å². The summed E-state index contributed by atoms with van der Waals surface area (Å²) in [7, 11) is -3.29. The van der Waals surface area contributed by atoms with Crippen molar-refractivity contribution < 1.29 is 66.2 Å². The van der Waals surface area contributed by atoms with Crippen molar-refractivity contribution in [1.29, 1.82) is 0 Å². The van der Waals surface area contributed by atoms with E-state index in [0.717, 1.165) is 51.4 Å². The minimum atomic E-state index is -5.01. The Kier molecular flexibility index (Phi) is 25.0. The van der Waals surface area contributed by atoms with Crippen LogP contribution in [0.5, 0.6) is 0 Å². The minimum absolute atomic E-state index is 0. The molecule has 0 radical (unpaired) electrons. The standard InChI is InChI=1S/C20H38O7S.Na.HOP/c1-5-9-11-16(7-3)14-26-19(21)13-18(28(23,24)25)20(22)27-15-17(8-4)12-10-6-2;;1-2/h16-18H,5-15H2,1-4H3,(H,23,24,25);;2H/q;+1;/p-1. The fraction of sp³-hybridized carbons (Fsp3) is 0.900. The summed E-state index contributed by atoms with van der Waals surface area (Å²) in [5.74, 6) is -1.74. The summed E-state index contributed by atoms with van der Waals surface area (Å²) in [6, 6.07) is 0. The van der Waals surface area contributed by atoms with Crippen molar-refractivity contribution in [2.45, 2.75) is 90.7 Å². The third-order valence-corrected chi connectivity index (χ3v) is 6.05. The van der Waals surface area contributed by atoms with E-state index in [0.29, 0.717) is 0 Å². The first-order valence-electron chi connectivity index (χ1n) is 10.7. The van der Waals surface area contributed by atoms with Crippen LogP contribution < -0.4 is 29.6 Å². The molecule has 31 heavy (non-hydrogen) atoms. The third-order valence-electron chi connectivity index (χ3n) is 4.99. The molecule has 0 aliphatic rings. The van der Waals surface area contributed by atoms with Gasteiger partial charge in [-0.3, -0.25) is 14.2 Å². The predicted molar refractivity (Wildman–Crippen MR) is 116 cm³/mol. The van der Waals surface area contributed by atoms with E-state index in [4.69, 9.17) is 14.0 Å². The molecule has 0 aliphatic heterocycles. The van der Waals surface area contributed by atoms with Crippen LogP contribution in [-0.2, 0) is 33.7 Å². The van der Waals surface area contributed by atoms with Crippen LogP contribution in [0.2, 0.25) is 0 Å². The smallest absolute Gasteiger partial charge is 0.747 e. The summed E-state index contributed by atoms with van der Waals surface area (Å²) in [6.07, 6.45) is 6.58. The Labute approximate surface area is 212 Å². The molecule has 0 saturated heterocycles. The summed E-state index contributed by atoms with van der Waals surface area (Å²) >= 11 is 0. The number of esters is 2. The van der Waals surface area contributed by atoms with Crippen LogP contribution in [0.1, 0.15) is 85.5 Å². The fourth-order valence-corrected chi connectivity index (χ4v) is 3.46. The van der Waals surface area contributed by atoms with Crippen molar-refractivity contribution in [2.75, 3.05) is 13.2 Å². The van der Waals surface area contributed by atoms with Gasteiger partial charge < -0.3 is 14.0 Å². The predicted octanol–water partition coefficient (Wildman–Crippen LogP) is 1.29. The molecular weight excluding hydrogens is 454 g/mol. The summed E-state index contributed by atoms with van der Waals surface area (Å²) in [5.41, 5.74) is 0. The molecule has 0 amide bonds. The number of rotatable bonds is 16. The zero-order chi connectivity index (χ0) is 23.6. The zero-order valence-corrected chi connectivity index (χ0v) is 23.5. The van der Waals surface area contributed by atoms with Gasteiger partial charge in [-0.05, 0) is 24.7 Å². The van der Waals surface area contributed by atoms with Crippen LogP contribution in [0.4, 0.5) is 0 Å². The Balaban J connectivity index is -0.00000253. The van der Waals surface area contributed by atoms with Gasteiger partial charge in [0, 0.05) is 0 Å². The molecule has 0 aromatic heterocycles. The van der Waals surface area contributed by atoms with Gasteiger partial charge in [-0.2, -0.15) is 0 Å². The molecule has 0 heterocycles. The van der Waals surface area contributed by atoms with Crippen LogP contribution in [0.25, 0.3) is 0 Å². The van der Waals surface area contributed by atoms with Crippen LogP contribution in [0.3, 0.4) is 0 Å². The molecular formula is C20H38NaO8PS. The van der Waals surface area contributed by atoms with Crippen LogP contribution >= 0.6 is 9.12 Å². The quantitative estimate of drug-likeness (QED) is 0.137. The van der Waals surface area contributed by atoms with E-state index < -0.39 is 33.7 Å². The number of hydrogen-bond acceptors (Lipinski definition) is 8. The molecule has 0 saturated carbocycles. The Morgan fingerprint density at radius 1 is 0.871 bits per heavy atom. The first kappa shape index (κ1) is 35.5. The maximum absolute atomic E-state index is 12.1. The number of carbonyl (C=O) groups is 2. The SMILES string of the molecule is CCCCC(CC)COC(=O)CC(C(=O)OCC(CC)CCCC)S(=O)(=O)[O-].O=P.[Na+]. The van der Waals surface area contributed by atoms with Crippen molar-refractivity contribution in [2.24, 2.45) is 11.8 Å². The van der Waals surface area contributed by atoms with Gasteiger partial charge in [0.25, 0.3) is 0 Å². The zero-order valence-electron chi connectivity index (χ0n) is 19.7. The number of hydrogen-bond donors (Lipinski definition) is 0. The molecule has 3 atom stereocenters. The van der Waals surface area contributed by atoms with E-state index in [1.165, 1.54) is 0 Å². The van der Waals surface area contributed by atoms with Gasteiger partial charge >= 0.3 is 41.5 Å². The van der Waals surface area contributed by atoms with E-state index in [-0.39, 0.29) is 54.6 Å². The van der Waals surface area contributed by atoms with Crippen molar-refractivity contribution >= 4 is 31.2 Å². The molecule has 3 unspecified atom stereocenters. The molecule has 11 heteroatoms. The molecule has 0 spiro atoms. The molecule has 0 fully saturated rings. The fourth-order valence-electron chi connectivity index (χ4n) is 2.81. The van der Waals surface area contributed by atoms with Crippen LogP contribution in [0, 0.1) is 11.8 Å². The number of unbranched alkanes of at least 4 members (excludes halogenated alkanes) is 2.